The number of hydrogen-bond acceptors (Lipinski definition) is 3. The van der Waals surface area contributed by atoms with Crippen LogP contribution in [0.1, 0.15) is 40.2 Å². The van der Waals surface area contributed by atoms with Crippen LogP contribution in [0, 0.1) is 0 Å². The minimum absolute atomic E-state index is 0.213. The SMILES string of the molecule is C1=CC(c2ccccc2)CC2=C1c1c(-c3nc(-c4ccccc4)nc(-c4ccc(-c5ccccc5)cc4)n3)cc(-c3ccccc3)cc1C2(c1ccccc1)c1ccccc1. The Hall–Kier alpha value is -7.75. The molecule has 1 unspecified atom stereocenters. The number of rotatable bonds is 8. The maximum atomic E-state index is 5.44. The first-order valence-electron chi connectivity index (χ1n) is 21.0. The summed E-state index contributed by atoms with van der Waals surface area (Å²) in [5, 5.41) is 0. The first-order chi connectivity index (χ1) is 30.2. The monoisotopic (exact) mass is 779 g/mol. The maximum Gasteiger partial charge on any atom is 0.164 e. The van der Waals surface area contributed by atoms with E-state index in [0.29, 0.717) is 17.5 Å². The summed E-state index contributed by atoms with van der Waals surface area (Å²) in [4.78, 5) is 16.0. The summed E-state index contributed by atoms with van der Waals surface area (Å²) in [6.07, 6.45) is 5.65. The Morgan fingerprint density at radius 2 is 0.820 bits per heavy atom. The van der Waals surface area contributed by atoms with Crippen molar-refractivity contribution in [1.82, 2.24) is 15.0 Å². The van der Waals surface area contributed by atoms with E-state index >= 15 is 0 Å². The Labute approximate surface area is 357 Å². The van der Waals surface area contributed by atoms with E-state index in [1.165, 1.54) is 44.5 Å². The molecule has 0 radical (unpaired) electrons. The molecule has 11 rings (SSSR count). The highest BCUT2D eigenvalue weighted by Gasteiger charge is 2.49. The van der Waals surface area contributed by atoms with E-state index in [1.54, 1.807) is 0 Å². The number of benzene rings is 8. The van der Waals surface area contributed by atoms with Gasteiger partial charge in [0.2, 0.25) is 0 Å². The van der Waals surface area contributed by atoms with Gasteiger partial charge in [-0.05, 0) is 79.8 Å². The lowest BCUT2D eigenvalue weighted by Crippen LogP contribution is -2.31. The largest absolute Gasteiger partial charge is 0.208 e. The molecule has 61 heavy (non-hydrogen) atoms. The van der Waals surface area contributed by atoms with E-state index in [9.17, 15) is 0 Å². The lowest BCUT2D eigenvalue weighted by Gasteiger charge is -2.38. The summed E-state index contributed by atoms with van der Waals surface area (Å²) >= 11 is 0. The van der Waals surface area contributed by atoms with Gasteiger partial charge in [0, 0.05) is 22.6 Å². The third-order valence-electron chi connectivity index (χ3n) is 12.4. The van der Waals surface area contributed by atoms with Gasteiger partial charge in [0.15, 0.2) is 17.5 Å². The van der Waals surface area contributed by atoms with Gasteiger partial charge in [0.05, 0.1) is 5.41 Å². The van der Waals surface area contributed by atoms with Crippen LogP contribution >= 0.6 is 0 Å². The van der Waals surface area contributed by atoms with Crippen molar-refractivity contribution in [1.29, 1.82) is 0 Å². The summed E-state index contributed by atoms with van der Waals surface area (Å²) in [6.45, 7) is 0. The van der Waals surface area contributed by atoms with Gasteiger partial charge in [-0.1, -0.05) is 218 Å². The molecule has 288 valence electrons. The minimum atomic E-state index is -0.587. The predicted octanol–water partition coefficient (Wildman–Crippen LogP) is 14.1. The molecule has 0 spiro atoms. The van der Waals surface area contributed by atoms with Crippen molar-refractivity contribution in [2.45, 2.75) is 17.8 Å². The van der Waals surface area contributed by atoms with E-state index in [0.717, 1.165) is 39.8 Å². The zero-order valence-electron chi connectivity index (χ0n) is 33.6. The molecular formula is C58H41N3. The molecule has 0 saturated carbocycles. The van der Waals surface area contributed by atoms with Crippen LogP contribution in [0.5, 0.6) is 0 Å². The summed E-state index contributed by atoms with van der Waals surface area (Å²) in [6, 6.07) is 78.0. The second-order valence-electron chi connectivity index (χ2n) is 15.9. The molecule has 0 aliphatic heterocycles. The molecular weight excluding hydrogens is 739 g/mol. The maximum absolute atomic E-state index is 5.44. The van der Waals surface area contributed by atoms with Crippen molar-refractivity contribution < 1.29 is 0 Å². The summed E-state index contributed by atoms with van der Waals surface area (Å²) < 4.78 is 0. The summed E-state index contributed by atoms with van der Waals surface area (Å²) in [5.41, 5.74) is 15.7. The molecule has 0 bridgehead atoms. The fourth-order valence-electron chi connectivity index (χ4n) is 9.58. The zero-order chi connectivity index (χ0) is 40.6. The highest BCUT2D eigenvalue weighted by Crippen LogP contribution is 2.61. The van der Waals surface area contributed by atoms with Crippen molar-refractivity contribution in [3.63, 3.8) is 0 Å². The highest BCUT2D eigenvalue weighted by molar-refractivity contribution is 5.98. The van der Waals surface area contributed by atoms with E-state index in [1.807, 2.05) is 24.3 Å². The second kappa shape index (κ2) is 15.4. The van der Waals surface area contributed by atoms with Crippen LogP contribution in [0.3, 0.4) is 0 Å². The van der Waals surface area contributed by atoms with Gasteiger partial charge in [-0.3, -0.25) is 0 Å². The Balaban J connectivity index is 1.21. The van der Waals surface area contributed by atoms with Gasteiger partial charge in [-0.15, -0.1) is 0 Å². The van der Waals surface area contributed by atoms with Crippen molar-refractivity contribution in [3.05, 3.63) is 264 Å². The van der Waals surface area contributed by atoms with Gasteiger partial charge in [-0.2, -0.15) is 0 Å². The van der Waals surface area contributed by atoms with E-state index in [4.69, 9.17) is 15.0 Å². The molecule has 0 fully saturated rings. The average Bonchev–Trinajstić information content (AvgIpc) is 3.65. The van der Waals surface area contributed by atoms with Gasteiger partial charge < -0.3 is 0 Å². The van der Waals surface area contributed by atoms with E-state index in [-0.39, 0.29) is 5.92 Å². The lowest BCUT2D eigenvalue weighted by molar-refractivity contribution is 0.666. The molecule has 1 atom stereocenters. The average molecular weight is 780 g/mol. The molecule has 0 N–H and O–H groups in total. The fraction of sp³-hybridized carbons (Fsp3) is 0.0517. The Morgan fingerprint density at radius 3 is 1.38 bits per heavy atom. The van der Waals surface area contributed by atoms with Crippen molar-refractivity contribution in [2.24, 2.45) is 0 Å². The molecule has 3 nitrogen and oxygen atoms in total. The molecule has 1 heterocycles. The standard InChI is InChI=1S/C58H41N3/c1-7-19-40(20-8-1)43-31-33-45(34-32-43)56-59-55(44-25-13-4-14-26-44)60-57(61-56)51-37-47(42-23-11-3-12-24-42)39-53-54(51)50-36-35-46(41-21-9-2-10-22-41)38-52(50)58(53,48-27-15-5-16-28-48)49-29-17-6-18-30-49/h1-37,39,46H,38H2. The quantitative estimate of drug-likeness (QED) is 0.154. The van der Waals surface area contributed by atoms with Crippen molar-refractivity contribution in [3.8, 4) is 56.4 Å². The number of hydrogen-bond donors (Lipinski definition) is 0. The lowest BCUT2D eigenvalue weighted by atomic mass is 9.64. The van der Waals surface area contributed by atoms with Crippen molar-refractivity contribution >= 4 is 5.57 Å². The topological polar surface area (TPSA) is 38.7 Å². The molecule has 2 aliphatic rings. The molecule has 3 heteroatoms. The number of fused-ring (bicyclic) bond motifs is 2. The van der Waals surface area contributed by atoms with Crippen LogP contribution in [0.25, 0.3) is 62.0 Å². The Morgan fingerprint density at radius 1 is 0.393 bits per heavy atom. The first kappa shape index (κ1) is 36.3. The third-order valence-corrected chi connectivity index (χ3v) is 12.4. The molecule has 2 aliphatic carbocycles. The van der Waals surface area contributed by atoms with Crippen LogP contribution in [-0.4, -0.2) is 15.0 Å². The van der Waals surface area contributed by atoms with Crippen molar-refractivity contribution in [2.75, 3.05) is 0 Å². The number of allylic oxidation sites excluding steroid dienone is 4. The fourth-order valence-corrected chi connectivity index (χ4v) is 9.58. The third kappa shape index (κ3) is 6.43. The van der Waals surface area contributed by atoms with Crippen LogP contribution in [0.4, 0.5) is 0 Å². The molecule has 9 aromatic rings. The molecule has 1 aromatic heterocycles. The van der Waals surface area contributed by atoms with Crippen LogP contribution in [-0.2, 0) is 5.41 Å². The van der Waals surface area contributed by atoms with E-state index in [2.05, 4.69) is 206 Å². The van der Waals surface area contributed by atoms with Gasteiger partial charge in [0.1, 0.15) is 0 Å². The predicted molar refractivity (Wildman–Crippen MR) is 250 cm³/mol. The second-order valence-corrected chi connectivity index (χ2v) is 15.9. The Kier molecular flexibility index (Phi) is 9.20. The zero-order valence-corrected chi connectivity index (χ0v) is 33.6. The normalized spacial score (nSPS) is 15.0. The van der Waals surface area contributed by atoms with E-state index < -0.39 is 5.41 Å². The summed E-state index contributed by atoms with van der Waals surface area (Å²) in [7, 11) is 0. The highest BCUT2D eigenvalue weighted by atomic mass is 15.0. The van der Waals surface area contributed by atoms with Crippen LogP contribution in [0.15, 0.2) is 236 Å². The van der Waals surface area contributed by atoms with Gasteiger partial charge >= 0.3 is 0 Å². The Bertz CT molecular complexity index is 3010. The summed E-state index contributed by atoms with van der Waals surface area (Å²) in [5.74, 6) is 2.13. The smallest absolute Gasteiger partial charge is 0.164 e. The van der Waals surface area contributed by atoms with Crippen LogP contribution in [0.2, 0.25) is 0 Å². The first-order valence-corrected chi connectivity index (χ1v) is 21.0. The molecule has 0 saturated heterocycles. The minimum Gasteiger partial charge on any atom is -0.208 e. The number of nitrogens with zero attached hydrogens (tertiary/aromatic N) is 3. The van der Waals surface area contributed by atoms with Gasteiger partial charge in [0.25, 0.3) is 0 Å². The van der Waals surface area contributed by atoms with Gasteiger partial charge in [-0.25, -0.2) is 15.0 Å². The number of aromatic nitrogens is 3. The molecule has 8 aromatic carbocycles. The molecule has 0 amide bonds. The van der Waals surface area contributed by atoms with Crippen LogP contribution < -0.4 is 0 Å².